The van der Waals surface area contributed by atoms with Crippen LogP contribution in [-0.4, -0.2) is 31.1 Å². The van der Waals surface area contributed by atoms with Crippen LogP contribution in [0.2, 0.25) is 0 Å². The lowest BCUT2D eigenvalue weighted by atomic mass is 10.0. The van der Waals surface area contributed by atoms with E-state index in [4.69, 9.17) is 0 Å². The maximum atomic E-state index is 9.94. The molecular weight excluding hydrogens is 130 g/mol. The molecule has 0 aromatic heterocycles. The molecule has 0 aromatic rings. The first-order chi connectivity index (χ1) is 4.72. The van der Waals surface area contributed by atoms with Crippen molar-refractivity contribution in [2.45, 2.75) is 19.4 Å². The number of aliphatic hydroxyl groups is 1. The maximum Gasteiger partial charge on any atom is 0.122 e. The zero-order valence-electron chi connectivity index (χ0n) is 6.50. The van der Waals surface area contributed by atoms with Gasteiger partial charge in [-0.25, -0.2) is 0 Å². The Morgan fingerprint density at radius 3 is 2.70 bits per heavy atom. The molecule has 2 N–H and O–H groups in total. The molecule has 0 saturated carbocycles. The van der Waals surface area contributed by atoms with Crippen molar-refractivity contribution in [1.29, 1.82) is 0 Å². The molecule has 0 rings (SSSR count). The van der Waals surface area contributed by atoms with Crippen molar-refractivity contribution in [3.05, 3.63) is 0 Å². The summed E-state index contributed by atoms with van der Waals surface area (Å²) >= 11 is 0. The summed E-state index contributed by atoms with van der Waals surface area (Å²) in [7, 11) is 1.82. The van der Waals surface area contributed by atoms with Gasteiger partial charge in [-0.3, -0.25) is 0 Å². The lowest BCUT2D eigenvalue weighted by molar-refractivity contribution is -0.110. The molecule has 2 atom stereocenters. The van der Waals surface area contributed by atoms with Gasteiger partial charge in [0.2, 0.25) is 0 Å². The van der Waals surface area contributed by atoms with E-state index in [-0.39, 0.29) is 12.3 Å². The van der Waals surface area contributed by atoms with Gasteiger partial charge in [-0.15, -0.1) is 0 Å². The molecule has 10 heavy (non-hydrogen) atoms. The molecule has 0 radical (unpaired) electrons. The lowest BCUT2D eigenvalue weighted by Gasteiger charge is -2.15. The fourth-order valence-electron chi connectivity index (χ4n) is 0.789. The van der Waals surface area contributed by atoms with Crippen molar-refractivity contribution >= 4 is 6.29 Å². The number of aldehydes is 1. The number of carbonyl (C=O) groups excluding carboxylic acids is 1. The average molecular weight is 145 g/mol. The highest BCUT2D eigenvalue weighted by Gasteiger charge is 2.11. The van der Waals surface area contributed by atoms with E-state index in [1.165, 1.54) is 0 Å². The summed E-state index contributed by atoms with van der Waals surface area (Å²) in [6.45, 7) is 2.65. The first-order valence-electron chi connectivity index (χ1n) is 3.48. The minimum atomic E-state index is -0.495. The highest BCUT2D eigenvalue weighted by molar-refractivity contribution is 5.50. The summed E-state index contributed by atoms with van der Waals surface area (Å²) in [5.41, 5.74) is 0. The molecule has 0 aliphatic heterocycles. The molecule has 0 amide bonds. The predicted octanol–water partition coefficient (Wildman–Crippen LogP) is -0.208. The summed E-state index contributed by atoms with van der Waals surface area (Å²) < 4.78 is 0. The standard InChI is InChI=1S/C7H15NO2/c1-6(5-8-2)7(10)3-4-9/h4,6-8,10H,3,5H2,1-2H3/t6?,7-/m1/s1. The summed E-state index contributed by atoms with van der Waals surface area (Å²) in [5, 5.41) is 12.1. The Hall–Kier alpha value is -0.410. The number of rotatable bonds is 5. The second-order valence-corrected chi connectivity index (χ2v) is 2.50. The molecule has 60 valence electrons. The van der Waals surface area contributed by atoms with Gasteiger partial charge in [0.05, 0.1) is 6.10 Å². The SMILES string of the molecule is CNCC(C)[C@H](O)CC=O. The zero-order valence-corrected chi connectivity index (χ0v) is 6.50. The van der Waals surface area contributed by atoms with Crippen LogP contribution < -0.4 is 5.32 Å². The molecule has 0 heterocycles. The van der Waals surface area contributed by atoms with Gasteiger partial charge in [-0.2, -0.15) is 0 Å². The van der Waals surface area contributed by atoms with E-state index in [1.54, 1.807) is 0 Å². The molecule has 0 aliphatic rings. The third-order valence-corrected chi connectivity index (χ3v) is 1.52. The van der Waals surface area contributed by atoms with Gasteiger partial charge in [-0.05, 0) is 19.5 Å². The monoisotopic (exact) mass is 145 g/mol. The fourth-order valence-corrected chi connectivity index (χ4v) is 0.789. The van der Waals surface area contributed by atoms with Crippen LogP contribution in [-0.2, 0) is 4.79 Å². The largest absolute Gasteiger partial charge is 0.392 e. The molecular formula is C7H15NO2. The summed E-state index contributed by atoms with van der Waals surface area (Å²) in [6.07, 6.45) is 0.490. The van der Waals surface area contributed by atoms with Crippen molar-refractivity contribution in [3.8, 4) is 0 Å². The van der Waals surface area contributed by atoms with E-state index in [2.05, 4.69) is 5.32 Å². The van der Waals surface area contributed by atoms with Gasteiger partial charge in [0.1, 0.15) is 6.29 Å². The smallest absolute Gasteiger partial charge is 0.122 e. The first kappa shape index (κ1) is 9.59. The van der Waals surface area contributed by atoms with Crippen LogP contribution in [0.25, 0.3) is 0 Å². The second-order valence-electron chi connectivity index (χ2n) is 2.50. The molecule has 0 spiro atoms. The fraction of sp³-hybridized carbons (Fsp3) is 0.857. The Morgan fingerprint density at radius 1 is 1.70 bits per heavy atom. The van der Waals surface area contributed by atoms with E-state index >= 15 is 0 Å². The van der Waals surface area contributed by atoms with Crippen LogP contribution in [0.3, 0.4) is 0 Å². The third-order valence-electron chi connectivity index (χ3n) is 1.52. The molecule has 0 aromatic carbocycles. The van der Waals surface area contributed by atoms with Crippen molar-refractivity contribution in [2.75, 3.05) is 13.6 Å². The molecule has 0 saturated heterocycles. The highest BCUT2D eigenvalue weighted by atomic mass is 16.3. The quantitative estimate of drug-likeness (QED) is 0.526. The topological polar surface area (TPSA) is 49.3 Å². The Labute approximate surface area is 61.4 Å². The molecule has 3 heteroatoms. The Kier molecular flexibility index (Phi) is 5.16. The van der Waals surface area contributed by atoms with Crippen LogP contribution in [0.5, 0.6) is 0 Å². The lowest BCUT2D eigenvalue weighted by Crippen LogP contribution is -2.27. The van der Waals surface area contributed by atoms with Crippen LogP contribution in [0.1, 0.15) is 13.3 Å². The molecule has 0 fully saturated rings. The number of carbonyl (C=O) groups is 1. The van der Waals surface area contributed by atoms with E-state index in [0.717, 1.165) is 12.8 Å². The van der Waals surface area contributed by atoms with E-state index < -0.39 is 6.10 Å². The third kappa shape index (κ3) is 3.58. The van der Waals surface area contributed by atoms with Gasteiger partial charge in [0, 0.05) is 6.42 Å². The summed E-state index contributed by atoms with van der Waals surface area (Å²) in [4.78, 5) is 9.94. The van der Waals surface area contributed by atoms with Gasteiger partial charge in [0.25, 0.3) is 0 Å². The number of aliphatic hydroxyl groups excluding tert-OH is 1. The van der Waals surface area contributed by atoms with Gasteiger partial charge < -0.3 is 15.2 Å². The molecule has 1 unspecified atom stereocenters. The Balaban J connectivity index is 3.47. The summed E-state index contributed by atoms with van der Waals surface area (Å²) in [6, 6.07) is 0. The highest BCUT2D eigenvalue weighted by Crippen LogP contribution is 2.03. The maximum absolute atomic E-state index is 9.94. The number of hydrogen-bond acceptors (Lipinski definition) is 3. The van der Waals surface area contributed by atoms with Crippen molar-refractivity contribution in [2.24, 2.45) is 5.92 Å². The molecule has 0 aliphatic carbocycles. The van der Waals surface area contributed by atoms with E-state index in [1.807, 2.05) is 14.0 Å². The van der Waals surface area contributed by atoms with Crippen LogP contribution >= 0.6 is 0 Å². The number of nitrogens with one attached hydrogen (secondary N) is 1. The zero-order chi connectivity index (χ0) is 7.98. The Bertz CT molecular complexity index is 95.6. The molecule has 0 bridgehead atoms. The van der Waals surface area contributed by atoms with Crippen LogP contribution in [0.15, 0.2) is 0 Å². The van der Waals surface area contributed by atoms with Gasteiger partial charge in [0.15, 0.2) is 0 Å². The minimum Gasteiger partial charge on any atom is -0.392 e. The normalized spacial score (nSPS) is 16.3. The summed E-state index contributed by atoms with van der Waals surface area (Å²) in [5.74, 6) is 0.148. The predicted molar refractivity (Wildman–Crippen MR) is 39.8 cm³/mol. The van der Waals surface area contributed by atoms with Crippen LogP contribution in [0.4, 0.5) is 0 Å². The van der Waals surface area contributed by atoms with Crippen molar-refractivity contribution < 1.29 is 9.90 Å². The van der Waals surface area contributed by atoms with Gasteiger partial charge in [-0.1, -0.05) is 6.92 Å². The van der Waals surface area contributed by atoms with Crippen molar-refractivity contribution in [1.82, 2.24) is 5.32 Å². The van der Waals surface area contributed by atoms with Crippen LogP contribution in [0, 0.1) is 5.92 Å². The van der Waals surface area contributed by atoms with Gasteiger partial charge >= 0.3 is 0 Å². The Morgan fingerprint density at radius 2 is 2.30 bits per heavy atom. The van der Waals surface area contributed by atoms with E-state index in [9.17, 15) is 9.90 Å². The number of hydrogen-bond donors (Lipinski definition) is 2. The minimum absolute atomic E-state index is 0.148. The first-order valence-corrected chi connectivity index (χ1v) is 3.48. The van der Waals surface area contributed by atoms with Crippen molar-refractivity contribution in [3.63, 3.8) is 0 Å². The van der Waals surface area contributed by atoms with E-state index in [0.29, 0.717) is 0 Å². The second kappa shape index (κ2) is 5.38. The molecule has 3 nitrogen and oxygen atoms in total. The average Bonchev–Trinajstić information content (AvgIpc) is 1.89.